The Kier molecular flexibility index (Phi) is 3.57. The van der Waals surface area contributed by atoms with Crippen LogP contribution < -0.4 is 5.32 Å². The monoisotopic (exact) mass is 263 g/mol. The molecule has 0 aliphatic heterocycles. The van der Waals surface area contributed by atoms with Crippen LogP contribution in [0.4, 0.5) is 0 Å². The second-order valence-corrected chi connectivity index (χ2v) is 5.46. The molecule has 1 N–H and O–H groups in total. The second kappa shape index (κ2) is 5.33. The van der Waals surface area contributed by atoms with Crippen molar-refractivity contribution in [1.29, 1.82) is 0 Å². The fraction of sp³-hybridized carbons (Fsp3) is 0.467. The first-order chi connectivity index (χ1) is 8.84. The normalized spacial score (nSPS) is 15.4. The average molecular weight is 264 g/mol. The molecule has 1 fully saturated rings. The van der Waals surface area contributed by atoms with Gasteiger partial charge in [-0.1, -0.05) is 31.0 Å². The molecule has 0 unspecified atom stereocenters. The maximum atomic E-state index is 6.13. The van der Waals surface area contributed by atoms with E-state index in [-0.39, 0.29) is 0 Å². The van der Waals surface area contributed by atoms with Crippen molar-refractivity contribution in [3.8, 4) is 0 Å². The smallest absolute Gasteiger partial charge is 0.199 e. The Labute approximate surface area is 112 Å². The van der Waals surface area contributed by atoms with Crippen molar-refractivity contribution in [1.82, 2.24) is 5.32 Å². The minimum absolute atomic E-state index is 0.519. The Balaban J connectivity index is 1.57. The summed E-state index contributed by atoms with van der Waals surface area (Å²) in [6.45, 7) is 1.85. The molecule has 3 heteroatoms. The Morgan fingerprint density at radius 2 is 2.11 bits per heavy atom. The minimum atomic E-state index is 0.519. The Bertz CT molecular complexity index is 530. The van der Waals surface area contributed by atoms with Crippen molar-refractivity contribution in [3.63, 3.8) is 0 Å². The standard InChI is InChI=1S/C15H18ClNO/c16-15-13(10-17-9-3-4-11-7-8-11)12-5-1-2-6-14(12)18-15/h1-2,5-6,11,17H,3-4,7-10H2. The number of benzene rings is 1. The van der Waals surface area contributed by atoms with E-state index < -0.39 is 0 Å². The Morgan fingerprint density at radius 1 is 1.28 bits per heavy atom. The van der Waals surface area contributed by atoms with E-state index in [0.29, 0.717) is 5.22 Å². The van der Waals surface area contributed by atoms with Gasteiger partial charge in [0.2, 0.25) is 0 Å². The first-order valence-corrected chi connectivity index (χ1v) is 7.09. The zero-order valence-corrected chi connectivity index (χ0v) is 11.2. The van der Waals surface area contributed by atoms with E-state index in [9.17, 15) is 0 Å². The number of nitrogens with one attached hydrogen (secondary N) is 1. The number of hydrogen-bond donors (Lipinski definition) is 1. The molecule has 18 heavy (non-hydrogen) atoms. The van der Waals surface area contributed by atoms with Crippen LogP contribution in [0.1, 0.15) is 31.2 Å². The molecule has 0 saturated heterocycles. The third-order valence-corrected chi connectivity index (χ3v) is 3.92. The van der Waals surface area contributed by atoms with Gasteiger partial charge in [-0.2, -0.15) is 0 Å². The van der Waals surface area contributed by atoms with Gasteiger partial charge in [-0.25, -0.2) is 0 Å². The lowest BCUT2D eigenvalue weighted by Gasteiger charge is -2.03. The van der Waals surface area contributed by atoms with Gasteiger partial charge in [0.1, 0.15) is 5.58 Å². The van der Waals surface area contributed by atoms with Gasteiger partial charge in [0.25, 0.3) is 0 Å². The highest BCUT2D eigenvalue weighted by Crippen LogP contribution is 2.33. The number of fused-ring (bicyclic) bond motifs is 1. The van der Waals surface area contributed by atoms with E-state index in [1.54, 1.807) is 0 Å². The summed E-state index contributed by atoms with van der Waals surface area (Å²) >= 11 is 6.13. The van der Waals surface area contributed by atoms with E-state index in [1.165, 1.54) is 25.7 Å². The van der Waals surface area contributed by atoms with Crippen molar-refractivity contribution in [2.45, 2.75) is 32.2 Å². The van der Waals surface area contributed by atoms with Crippen molar-refractivity contribution >= 4 is 22.6 Å². The molecule has 96 valence electrons. The molecule has 0 radical (unpaired) electrons. The van der Waals surface area contributed by atoms with Crippen LogP contribution >= 0.6 is 11.6 Å². The zero-order chi connectivity index (χ0) is 12.4. The second-order valence-electron chi connectivity index (χ2n) is 5.11. The molecule has 1 saturated carbocycles. The van der Waals surface area contributed by atoms with Crippen LogP contribution in [-0.2, 0) is 6.54 Å². The van der Waals surface area contributed by atoms with Crippen molar-refractivity contribution in [2.75, 3.05) is 6.54 Å². The maximum absolute atomic E-state index is 6.13. The van der Waals surface area contributed by atoms with E-state index >= 15 is 0 Å². The Morgan fingerprint density at radius 3 is 2.94 bits per heavy atom. The molecule has 1 aliphatic carbocycles. The van der Waals surface area contributed by atoms with Gasteiger partial charge in [0.05, 0.1) is 0 Å². The number of furan rings is 1. The molecular weight excluding hydrogens is 246 g/mol. The summed E-state index contributed by atoms with van der Waals surface area (Å²) in [5, 5.41) is 5.10. The first kappa shape index (κ1) is 12.1. The highest BCUT2D eigenvalue weighted by molar-refractivity contribution is 6.30. The van der Waals surface area contributed by atoms with Crippen LogP contribution in [0, 0.1) is 5.92 Å². The first-order valence-electron chi connectivity index (χ1n) is 6.71. The van der Waals surface area contributed by atoms with E-state index in [0.717, 1.165) is 35.5 Å². The van der Waals surface area contributed by atoms with Crippen molar-refractivity contribution < 1.29 is 4.42 Å². The van der Waals surface area contributed by atoms with Crippen molar-refractivity contribution in [3.05, 3.63) is 35.0 Å². The van der Waals surface area contributed by atoms with Crippen molar-refractivity contribution in [2.24, 2.45) is 5.92 Å². The molecule has 3 rings (SSSR count). The van der Waals surface area contributed by atoms with Gasteiger partial charge >= 0.3 is 0 Å². The van der Waals surface area contributed by atoms with Gasteiger partial charge < -0.3 is 9.73 Å². The number of rotatable bonds is 6. The summed E-state index contributed by atoms with van der Waals surface area (Å²) in [5.74, 6) is 1.02. The summed E-state index contributed by atoms with van der Waals surface area (Å²) in [7, 11) is 0. The highest BCUT2D eigenvalue weighted by Gasteiger charge is 2.20. The lowest BCUT2D eigenvalue weighted by molar-refractivity contribution is 0.581. The van der Waals surface area contributed by atoms with E-state index in [4.69, 9.17) is 16.0 Å². The predicted octanol–water partition coefficient (Wildman–Crippen LogP) is 4.37. The average Bonchev–Trinajstić information content (AvgIpc) is 3.13. The minimum Gasteiger partial charge on any atom is -0.444 e. The molecule has 0 bridgehead atoms. The zero-order valence-electron chi connectivity index (χ0n) is 10.4. The topological polar surface area (TPSA) is 25.2 Å². The fourth-order valence-corrected chi connectivity index (χ4v) is 2.62. The van der Waals surface area contributed by atoms with E-state index in [2.05, 4.69) is 11.4 Å². The summed E-state index contributed by atoms with van der Waals surface area (Å²) in [6.07, 6.45) is 5.52. The van der Waals surface area contributed by atoms with Crippen LogP contribution in [0.3, 0.4) is 0 Å². The molecule has 0 spiro atoms. The molecule has 2 aromatic rings. The van der Waals surface area contributed by atoms with Gasteiger partial charge in [0, 0.05) is 17.5 Å². The molecule has 0 atom stereocenters. The summed E-state index contributed by atoms with van der Waals surface area (Å²) in [5.41, 5.74) is 1.95. The predicted molar refractivity (Wildman–Crippen MR) is 74.9 cm³/mol. The summed E-state index contributed by atoms with van der Waals surface area (Å²) < 4.78 is 5.53. The van der Waals surface area contributed by atoms with Crippen LogP contribution in [0.25, 0.3) is 11.0 Å². The highest BCUT2D eigenvalue weighted by atomic mass is 35.5. The van der Waals surface area contributed by atoms with Crippen LogP contribution in [0.15, 0.2) is 28.7 Å². The molecular formula is C15H18ClNO. The molecule has 1 aromatic carbocycles. The molecule has 1 aromatic heterocycles. The molecule has 1 aliphatic rings. The third-order valence-electron chi connectivity index (χ3n) is 3.61. The van der Waals surface area contributed by atoms with Gasteiger partial charge in [-0.05, 0) is 43.0 Å². The SMILES string of the molecule is Clc1oc2ccccc2c1CNCCCC1CC1. The van der Waals surface area contributed by atoms with Crippen LogP contribution in [-0.4, -0.2) is 6.54 Å². The van der Waals surface area contributed by atoms with Gasteiger partial charge in [0.15, 0.2) is 5.22 Å². The fourth-order valence-electron chi connectivity index (χ4n) is 2.37. The number of halogens is 1. The maximum Gasteiger partial charge on any atom is 0.199 e. The largest absolute Gasteiger partial charge is 0.444 e. The van der Waals surface area contributed by atoms with Gasteiger partial charge in [-0.3, -0.25) is 0 Å². The molecule has 1 heterocycles. The third kappa shape index (κ3) is 2.70. The molecule has 0 amide bonds. The summed E-state index contributed by atoms with van der Waals surface area (Å²) in [4.78, 5) is 0. The molecule has 2 nitrogen and oxygen atoms in total. The Hall–Kier alpha value is -0.990. The lowest BCUT2D eigenvalue weighted by Crippen LogP contribution is -2.14. The quantitative estimate of drug-likeness (QED) is 0.783. The van der Waals surface area contributed by atoms with Gasteiger partial charge in [-0.15, -0.1) is 0 Å². The number of hydrogen-bond acceptors (Lipinski definition) is 2. The van der Waals surface area contributed by atoms with Crippen LogP contribution in [0.5, 0.6) is 0 Å². The van der Waals surface area contributed by atoms with Crippen LogP contribution in [0.2, 0.25) is 5.22 Å². The summed E-state index contributed by atoms with van der Waals surface area (Å²) in [6, 6.07) is 8.00. The lowest BCUT2D eigenvalue weighted by atomic mass is 10.1. The number of para-hydroxylation sites is 1. The van der Waals surface area contributed by atoms with E-state index in [1.807, 2.05) is 18.2 Å².